The van der Waals surface area contributed by atoms with E-state index >= 15 is 0 Å². The molecule has 0 unspecified atom stereocenters. The molecule has 0 saturated carbocycles. The summed E-state index contributed by atoms with van der Waals surface area (Å²) >= 11 is 0. The number of nitrogens with one attached hydrogen (secondary N) is 1. The molecule has 1 aromatic heterocycles. The van der Waals surface area contributed by atoms with E-state index < -0.39 is 11.9 Å². The Morgan fingerprint density at radius 1 is 1.07 bits per heavy atom. The zero-order chi connectivity index (χ0) is 29.7. The van der Waals surface area contributed by atoms with Crippen molar-refractivity contribution in [1.29, 1.82) is 0 Å². The van der Waals surface area contributed by atoms with Crippen molar-refractivity contribution in [3.63, 3.8) is 0 Å². The number of carbonyl (C=O) groups is 2. The number of anilines is 1. The van der Waals surface area contributed by atoms with E-state index in [1.54, 1.807) is 18.3 Å². The van der Waals surface area contributed by atoms with E-state index in [-0.39, 0.29) is 36.7 Å². The Morgan fingerprint density at radius 3 is 2.60 bits per heavy atom. The highest BCUT2D eigenvalue weighted by molar-refractivity contribution is 6.04. The average molecular weight is 574 g/mol. The second kappa shape index (κ2) is 13.1. The fourth-order valence-corrected chi connectivity index (χ4v) is 5.44. The first-order chi connectivity index (χ1) is 20.2. The van der Waals surface area contributed by atoms with Crippen LogP contribution in [0.3, 0.4) is 0 Å². The molecule has 222 valence electrons. The lowest BCUT2D eigenvalue weighted by atomic mass is 9.99. The Labute approximate surface area is 246 Å². The van der Waals surface area contributed by atoms with Gasteiger partial charge in [0, 0.05) is 36.6 Å². The Kier molecular flexibility index (Phi) is 9.33. The van der Waals surface area contributed by atoms with Crippen LogP contribution in [0, 0.1) is 0 Å². The van der Waals surface area contributed by atoms with Crippen molar-refractivity contribution < 1.29 is 28.9 Å². The molecule has 2 fully saturated rings. The lowest BCUT2D eigenvalue weighted by molar-refractivity contribution is -0.253. The van der Waals surface area contributed by atoms with E-state index in [9.17, 15) is 14.7 Å². The number of aliphatic hydroxyl groups is 1. The number of pyridine rings is 1. The van der Waals surface area contributed by atoms with Gasteiger partial charge in [0.15, 0.2) is 6.29 Å². The molecular formula is C33H39N3O6. The van der Waals surface area contributed by atoms with Gasteiger partial charge in [-0.3, -0.25) is 19.5 Å². The lowest BCUT2D eigenvalue weighted by Gasteiger charge is -2.38. The maximum absolute atomic E-state index is 13.0. The topological polar surface area (TPSA) is 110 Å². The van der Waals surface area contributed by atoms with E-state index in [2.05, 4.69) is 15.2 Å². The summed E-state index contributed by atoms with van der Waals surface area (Å²) in [6, 6.07) is 18.3. The number of likely N-dealkylation sites (tertiary alicyclic amines) is 1. The van der Waals surface area contributed by atoms with E-state index in [1.807, 2.05) is 69.3 Å². The van der Waals surface area contributed by atoms with Crippen LogP contribution in [0.15, 0.2) is 73.1 Å². The fourth-order valence-electron chi connectivity index (χ4n) is 5.44. The highest BCUT2D eigenvalue weighted by atomic mass is 16.7. The van der Waals surface area contributed by atoms with Gasteiger partial charge in [-0.1, -0.05) is 36.4 Å². The molecule has 0 radical (unpaired) electrons. The molecule has 2 N–H and O–H groups in total. The van der Waals surface area contributed by atoms with Crippen LogP contribution in [0.2, 0.25) is 0 Å². The average Bonchev–Trinajstić information content (AvgIpc) is 3.45. The number of carbonyl (C=O) groups excluding carboxylic acids is 2. The number of amides is 1. The number of nitrogens with zero attached hydrogens (tertiary/aromatic N) is 2. The van der Waals surface area contributed by atoms with Crippen LogP contribution < -0.4 is 5.32 Å². The number of hydrogen-bond acceptors (Lipinski definition) is 8. The van der Waals surface area contributed by atoms with Crippen LogP contribution in [0.4, 0.5) is 5.69 Å². The van der Waals surface area contributed by atoms with Crippen molar-refractivity contribution in [2.45, 2.75) is 76.8 Å². The second-order valence-corrected chi connectivity index (χ2v) is 11.9. The number of aromatic nitrogens is 1. The number of benzene rings is 2. The van der Waals surface area contributed by atoms with Gasteiger partial charge < -0.3 is 24.6 Å². The van der Waals surface area contributed by atoms with Gasteiger partial charge in [-0.25, -0.2) is 0 Å². The fraction of sp³-hybridized carbons (Fsp3) is 0.424. The van der Waals surface area contributed by atoms with Crippen molar-refractivity contribution in [1.82, 2.24) is 9.88 Å². The maximum atomic E-state index is 13.0. The summed E-state index contributed by atoms with van der Waals surface area (Å²) in [4.78, 5) is 31.9. The van der Waals surface area contributed by atoms with Crippen LogP contribution in [0.5, 0.6) is 0 Å². The molecule has 2 saturated heterocycles. The smallest absolute Gasteiger partial charge is 0.323 e. The third-order valence-electron chi connectivity index (χ3n) is 7.44. The van der Waals surface area contributed by atoms with Crippen molar-refractivity contribution in [3.05, 3.63) is 95.3 Å². The first-order valence-corrected chi connectivity index (χ1v) is 14.5. The van der Waals surface area contributed by atoms with Gasteiger partial charge in [0.2, 0.25) is 0 Å². The third kappa shape index (κ3) is 7.60. The lowest BCUT2D eigenvalue weighted by Crippen LogP contribution is -2.45. The third-order valence-corrected chi connectivity index (χ3v) is 7.44. The molecule has 2 aliphatic heterocycles. The standard InChI is InChI=1S/C33H39N3O6/c1-33(2,3)42-31(39)28-10-6-16-36(28)20-27-18-29(23-13-11-22(21-37)12-14-23)41-32(40-27)24-7-4-9-26(17-24)35-30(38)25-8-5-15-34-19-25/h4-5,7-9,11-15,17,19,27-29,32,37H,6,10,16,18,20-21H2,1-3H3,(H,35,38)/t27-,28+,29+,32+/m1/s1. The number of rotatable bonds is 8. The summed E-state index contributed by atoms with van der Waals surface area (Å²) in [6.07, 6.45) is 4.24. The molecule has 3 heterocycles. The Hall–Kier alpha value is -3.63. The number of esters is 1. The highest BCUT2D eigenvalue weighted by Gasteiger charge is 2.39. The SMILES string of the molecule is CC(C)(C)OC(=O)[C@@H]1CCCN1C[C@H]1C[C@@H](c2ccc(CO)cc2)O[C@@H](c2cccc(NC(=O)c3cccnc3)c2)O1. The quantitative estimate of drug-likeness (QED) is 0.355. The van der Waals surface area contributed by atoms with Crippen molar-refractivity contribution in [2.75, 3.05) is 18.4 Å². The van der Waals surface area contributed by atoms with Gasteiger partial charge >= 0.3 is 5.97 Å². The first-order valence-electron chi connectivity index (χ1n) is 14.5. The molecule has 2 aliphatic rings. The molecule has 3 aromatic rings. The van der Waals surface area contributed by atoms with E-state index in [1.165, 1.54) is 6.20 Å². The normalized spacial score (nSPS) is 23.0. The number of aliphatic hydroxyl groups excluding tert-OH is 1. The molecule has 4 atom stereocenters. The van der Waals surface area contributed by atoms with Crippen LogP contribution >= 0.6 is 0 Å². The first kappa shape index (κ1) is 29.8. The molecule has 0 bridgehead atoms. The summed E-state index contributed by atoms with van der Waals surface area (Å²) < 4.78 is 18.7. The van der Waals surface area contributed by atoms with Gasteiger partial charge in [0.1, 0.15) is 11.6 Å². The van der Waals surface area contributed by atoms with E-state index in [0.717, 1.165) is 36.1 Å². The van der Waals surface area contributed by atoms with Crippen LogP contribution in [0.1, 0.15) is 79.5 Å². The molecular weight excluding hydrogens is 534 g/mol. The largest absolute Gasteiger partial charge is 0.459 e. The molecule has 9 nitrogen and oxygen atoms in total. The maximum Gasteiger partial charge on any atom is 0.323 e. The zero-order valence-electron chi connectivity index (χ0n) is 24.4. The van der Waals surface area contributed by atoms with Crippen molar-refractivity contribution in [2.24, 2.45) is 0 Å². The van der Waals surface area contributed by atoms with Crippen LogP contribution in [-0.2, 0) is 25.6 Å². The minimum atomic E-state index is -0.691. The van der Waals surface area contributed by atoms with E-state index in [4.69, 9.17) is 14.2 Å². The van der Waals surface area contributed by atoms with Crippen molar-refractivity contribution in [3.8, 4) is 0 Å². The summed E-state index contributed by atoms with van der Waals surface area (Å²) in [7, 11) is 0. The van der Waals surface area contributed by atoms with Gasteiger partial charge in [-0.2, -0.15) is 0 Å². The second-order valence-electron chi connectivity index (χ2n) is 11.9. The minimum Gasteiger partial charge on any atom is -0.459 e. The summed E-state index contributed by atoms with van der Waals surface area (Å²) in [5, 5.41) is 12.4. The summed E-state index contributed by atoms with van der Waals surface area (Å²) in [6.45, 7) is 6.98. The molecule has 9 heteroatoms. The van der Waals surface area contributed by atoms with Gasteiger partial charge in [-0.05, 0) is 75.5 Å². The Morgan fingerprint density at radius 2 is 1.88 bits per heavy atom. The molecule has 2 aromatic carbocycles. The summed E-state index contributed by atoms with van der Waals surface area (Å²) in [5.74, 6) is -0.454. The van der Waals surface area contributed by atoms with Crippen LogP contribution in [0.25, 0.3) is 0 Å². The molecule has 0 aliphatic carbocycles. The summed E-state index contributed by atoms with van der Waals surface area (Å²) in [5.41, 5.74) is 3.11. The minimum absolute atomic E-state index is 0.0290. The predicted octanol–water partition coefficient (Wildman–Crippen LogP) is 5.18. The van der Waals surface area contributed by atoms with Gasteiger partial charge in [0.25, 0.3) is 5.91 Å². The highest BCUT2D eigenvalue weighted by Crippen LogP contribution is 2.39. The monoisotopic (exact) mass is 573 g/mol. The zero-order valence-corrected chi connectivity index (χ0v) is 24.4. The number of ether oxygens (including phenoxy) is 3. The predicted molar refractivity (Wildman–Crippen MR) is 157 cm³/mol. The van der Waals surface area contributed by atoms with Crippen molar-refractivity contribution >= 4 is 17.6 Å². The van der Waals surface area contributed by atoms with Gasteiger partial charge in [-0.15, -0.1) is 0 Å². The number of hydrogen-bond donors (Lipinski definition) is 2. The molecule has 42 heavy (non-hydrogen) atoms. The Balaban J connectivity index is 1.36. The van der Waals surface area contributed by atoms with E-state index in [0.29, 0.717) is 24.2 Å². The van der Waals surface area contributed by atoms with Crippen LogP contribution in [-0.4, -0.2) is 57.7 Å². The van der Waals surface area contributed by atoms with Gasteiger partial charge in [0.05, 0.1) is 24.4 Å². The molecule has 0 spiro atoms. The molecule has 5 rings (SSSR count). The molecule has 1 amide bonds. The Bertz CT molecular complexity index is 1360.